The third-order valence-corrected chi connectivity index (χ3v) is 6.63. The quantitative estimate of drug-likeness (QED) is 0.172. The second kappa shape index (κ2) is 14.3. The number of carbonyl (C=O) groups is 5. The highest BCUT2D eigenvalue weighted by Gasteiger charge is 2.32. The SMILES string of the molecule is CCC(C)C(N)C(=O)NC(CC(C)C)C(=O)NC(CC(=O)O)C(=O)NC(Cc1c[nH]c2ccccc12)C(=O)O. The minimum Gasteiger partial charge on any atom is -0.481 e. The van der Waals surface area contributed by atoms with E-state index in [2.05, 4.69) is 20.9 Å². The smallest absolute Gasteiger partial charge is 0.326 e. The molecule has 0 radical (unpaired) electrons. The van der Waals surface area contributed by atoms with E-state index >= 15 is 0 Å². The van der Waals surface area contributed by atoms with Gasteiger partial charge in [-0.1, -0.05) is 52.3 Å². The highest BCUT2D eigenvalue weighted by molar-refractivity contribution is 5.96. The maximum atomic E-state index is 13.1. The van der Waals surface area contributed by atoms with Crippen molar-refractivity contribution in [1.29, 1.82) is 0 Å². The molecule has 0 fully saturated rings. The van der Waals surface area contributed by atoms with Crippen LogP contribution < -0.4 is 21.7 Å². The lowest BCUT2D eigenvalue weighted by atomic mass is 9.97. The van der Waals surface area contributed by atoms with Crippen molar-refractivity contribution in [2.24, 2.45) is 17.6 Å². The molecule has 1 aromatic carbocycles. The van der Waals surface area contributed by atoms with Gasteiger partial charge in [0.2, 0.25) is 17.7 Å². The summed E-state index contributed by atoms with van der Waals surface area (Å²) in [6, 6.07) is 2.38. The van der Waals surface area contributed by atoms with Crippen molar-refractivity contribution in [3.05, 3.63) is 36.0 Å². The first-order valence-corrected chi connectivity index (χ1v) is 13.0. The van der Waals surface area contributed by atoms with Gasteiger partial charge in [-0.15, -0.1) is 0 Å². The Bertz CT molecular complexity index is 1180. The van der Waals surface area contributed by atoms with Crippen LogP contribution in [0.3, 0.4) is 0 Å². The van der Waals surface area contributed by atoms with E-state index in [-0.39, 0.29) is 24.7 Å². The number of aromatic nitrogens is 1. The monoisotopic (exact) mass is 545 g/mol. The van der Waals surface area contributed by atoms with Crippen LogP contribution >= 0.6 is 0 Å². The van der Waals surface area contributed by atoms with Gasteiger partial charge in [-0.3, -0.25) is 19.2 Å². The van der Waals surface area contributed by atoms with Crippen molar-refractivity contribution >= 4 is 40.6 Å². The Morgan fingerprint density at radius 3 is 2.08 bits per heavy atom. The second-order valence-corrected chi connectivity index (χ2v) is 10.2. The first-order valence-electron chi connectivity index (χ1n) is 13.0. The molecule has 0 spiro atoms. The van der Waals surface area contributed by atoms with Crippen LogP contribution in [-0.2, 0) is 30.4 Å². The topological polar surface area (TPSA) is 204 Å². The highest BCUT2D eigenvalue weighted by atomic mass is 16.4. The number of fused-ring (bicyclic) bond motifs is 1. The largest absolute Gasteiger partial charge is 0.481 e. The highest BCUT2D eigenvalue weighted by Crippen LogP contribution is 2.19. The molecule has 8 N–H and O–H groups in total. The van der Waals surface area contributed by atoms with E-state index in [1.807, 2.05) is 45.9 Å². The van der Waals surface area contributed by atoms with Crippen LogP contribution in [0, 0.1) is 11.8 Å². The number of carboxylic acids is 2. The van der Waals surface area contributed by atoms with E-state index in [1.54, 1.807) is 12.3 Å². The van der Waals surface area contributed by atoms with Crippen molar-refractivity contribution < 1.29 is 34.2 Å². The third kappa shape index (κ3) is 9.10. The molecule has 2 aromatic rings. The molecule has 0 bridgehead atoms. The number of hydrogen-bond donors (Lipinski definition) is 7. The number of nitrogens with one attached hydrogen (secondary N) is 4. The number of carboxylic acid groups (broad SMARTS) is 2. The zero-order valence-electron chi connectivity index (χ0n) is 22.7. The van der Waals surface area contributed by atoms with Gasteiger partial charge in [-0.25, -0.2) is 4.79 Å². The molecule has 214 valence electrons. The summed E-state index contributed by atoms with van der Waals surface area (Å²) < 4.78 is 0. The Morgan fingerprint density at radius 2 is 1.49 bits per heavy atom. The van der Waals surface area contributed by atoms with Crippen LogP contribution in [0.15, 0.2) is 30.5 Å². The number of benzene rings is 1. The summed E-state index contributed by atoms with van der Waals surface area (Å²) in [6.45, 7) is 7.37. The lowest BCUT2D eigenvalue weighted by molar-refractivity contribution is -0.143. The molecular formula is C27H39N5O7. The van der Waals surface area contributed by atoms with Crippen LogP contribution in [0.4, 0.5) is 0 Å². The molecular weight excluding hydrogens is 506 g/mol. The summed E-state index contributed by atoms with van der Waals surface area (Å²) >= 11 is 0. The van der Waals surface area contributed by atoms with Gasteiger partial charge >= 0.3 is 11.9 Å². The summed E-state index contributed by atoms with van der Waals surface area (Å²) in [4.78, 5) is 65.3. The van der Waals surface area contributed by atoms with Gasteiger partial charge in [0.25, 0.3) is 0 Å². The van der Waals surface area contributed by atoms with Crippen LogP contribution in [0.5, 0.6) is 0 Å². The van der Waals surface area contributed by atoms with Crippen LogP contribution in [-0.4, -0.2) is 69.0 Å². The number of carbonyl (C=O) groups excluding carboxylic acids is 3. The van der Waals surface area contributed by atoms with Gasteiger partial charge in [0.05, 0.1) is 12.5 Å². The molecule has 12 nitrogen and oxygen atoms in total. The lowest BCUT2D eigenvalue weighted by Gasteiger charge is -2.26. The molecule has 3 amide bonds. The van der Waals surface area contributed by atoms with E-state index in [9.17, 15) is 34.2 Å². The first-order chi connectivity index (χ1) is 18.3. The third-order valence-electron chi connectivity index (χ3n) is 6.63. The predicted octanol–water partition coefficient (Wildman–Crippen LogP) is 1.14. The molecule has 0 aliphatic rings. The minimum absolute atomic E-state index is 0.0276. The summed E-state index contributed by atoms with van der Waals surface area (Å²) in [5.74, 6) is -5.12. The predicted molar refractivity (Wildman–Crippen MR) is 145 cm³/mol. The van der Waals surface area contributed by atoms with Gasteiger partial charge in [0, 0.05) is 23.5 Å². The summed E-state index contributed by atoms with van der Waals surface area (Å²) in [7, 11) is 0. The van der Waals surface area contributed by atoms with E-state index in [0.29, 0.717) is 12.0 Å². The number of aliphatic carboxylic acids is 2. The Labute approximate surface area is 227 Å². The number of rotatable bonds is 15. The molecule has 0 saturated heterocycles. The average Bonchev–Trinajstić information content (AvgIpc) is 3.28. The number of H-pyrrole nitrogens is 1. The van der Waals surface area contributed by atoms with Crippen LogP contribution in [0.1, 0.15) is 52.5 Å². The van der Waals surface area contributed by atoms with E-state index < -0.39 is 60.2 Å². The Hall–Kier alpha value is -3.93. The van der Waals surface area contributed by atoms with Gasteiger partial charge in [0.15, 0.2) is 0 Å². The lowest BCUT2D eigenvalue weighted by Crippen LogP contribution is -2.58. The number of aromatic amines is 1. The van der Waals surface area contributed by atoms with E-state index in [4.69, 9.17) is 5.73 Å². The van der Waals surface area contributed by atoms with Crippen molar-refractivity contribution in [1.82, 2.24) is 20.9 Å². The van der Waals surface area contributed by atoms with Gasteiger partial charge in [-0.2, -0.15) is 0 Å². The number of para-hydroxylation sites is 1. The van der Waals surface area contributed by atoms with Gasteiger partial charge in [0.1, 0.15) is 18.1 Å². The minimum atomic E-state index is -1.57. The maximum Gasteiger partial charge on any atom is 0.326 e. The molecule has 0 saturated carbocycles. The number of hydrogen-bond acceptors (Lipinski definition) is 6. The normalized spacial score (nSPS) is 15.1. The summed E-state index contributed by atoms with van der Waals surface area (Å²) in [5.41, 5.74) is 7.44. The average molecular weight is 546 g/mol. The molecule has 39 heavy (non-hydrogen) atoms. The van der Waals surface area contributed by atoms with Gasteiger partial charge in [-0.05, 0) is 29.9 Å². The Morgan fingerprint density at radius 1 is 0.897 bits per heavy atom. The van der Waals surface area contributed by atoms with Crippen molar-refractivity contribution in [3.8, 4) is 0 Å². The standard InChI is InChI=1S/C27H39N5O7/c1-5-15(4)23(28)26(37)31-19(10-14(2)3)24(35)30-20(12-22(33)34)25(36)32-21(27(38)39)11-16-13-29-18-9-7-6-8-17(16)18/h6-9,13-15,19-21,23,29H,5,10-12,28H2,1-4H3,(H,30,35)(H,31,37)(H,32,36)(H,33,34)(H,38,39). The van der Waals surface area contributed by atoms with Crippen LogP contribution in [0.25, 0.3) is 10.9 Å². The Balaban J connectivity index is 2.19. The molecule has 2 rings (SSSR count). The molecule has 5 unspecified atom stereocenters. The maximum absolute atomic E-state index is 13.1. The number of nitrogens with two attached hydrogens (primary N) is 1. The summed E-state index contributed by atoms with van der Waals surface area (Å²) in [6.07, 6.45) is 1.65. The van der Waals surface area contributed by atoms with Gasteiger partial charge < -0.3 is 36.9 Å². The fourth-order valence-electron chi connectivity index (χ4n) is 4.13. The summed E-state index contributed by atoms with van der Waals surface area (Å²) in [5, 5.41) is 27.3. The Kier molecular flexibility index (Phi) is 11.5. The van der Waals surface area contributed by atoms with Crippen molar-refractivity contribution in [3.63, 3.8) is 0 Å². The van der Waals surface area contributed by atoms with E-state index in [1.165, 1.54) is 0 Å². The number of amides is 3. The van der Waals surface area contributed by atoms with Crippen LogP contribution in [0.2, 0.25) is 0 Å². The molecule has 1 aromatic heterocycles. The fraction of sp³-hybridized carbons (Fsp3) is 0.519. The van der Waals surface area contributed by atoms with Crippen molar-refractivity contribution in [2.75, 3.05) is 0 Å². The zero-order chi connectivity index (χ0) is 29.3. The molecule has 12 heteroatoms. The second-order valence-electron chi connectivity index (χ2n) is 10.2. The molecule has 1 heterocycles. The molecule has 0 aliphatic carbocycles. The fourth-order valence-corrected chi connectivity index (χ4v) is 4.13. The zero-order valence-corrected chi connectivity index (χ0v) is 22.7. The van der Waals surface area contributed by atoms with E-state index in [0.717, 1.165) is 10.9 Å². The first kappa shape index (κ1) is 31.3. The molecule has 5 atom stereocenters. The molecule has 0 aliphatic heterocycles. The van der Waals surface area contributed by atoms with Crippen molar-refractivity contribution in [2.45, 2.75) is 77.5 Å².